The predicted molar refractivity (Wildman–Crippen MR) is 101 cm³/mol. The van der Waals surface area contributed by atoms with Gasteiger partial charge in [-0.05, 0) is 31.4 Å². The Labute approximate surface area is 148 Å². The molecule has 2 aromatic heterocycles. The molecule has 0 unspecified atom stereocenters. The van der Waals surface area contributed by atoms with Crippen molar-refractivity contribution in [2.24, 2.45) is 0 Å². The fourth-order valence-corrected chi connectivity index (χ4v) is 3.68. The molecular formula is C18H25N7. The highest BCUT2D eigenvalue weighted by Gasteiger charge is 2.24. The summed E-state index contributed by atoms with van der Waals surface area (Å²) in [6, 6.07) is 6.04. The topological polar surface area (TPSA) is 74.4 Å². The summed E-state index contributed by atoms with van der Waals surface area (Å²) in [7, 11) is 0. The number of rotatable bonds is 3. The summed E-state index contributed by atoms with van der Waals surface area (Å²) in [5.41, 5.74) is 7.17. The normalized spacial score (nSPS) is 18.5. The van der Waals surface area contributed by atoms with Crippen LogP contribution in [0.3, 0.4) is 0 Å². The average molecular weight is 339 g/mol. The Morgan fingerprint density at radius 1 is 0.720 bits per heavy atom. The standard InChI is InChI=1S/C18H25N7/c19-16-17(24-8-4-1-5-9-24)21-14-22-18(16)25-12-10-23(11-13-25)15-6-2-3-7-20-15/h2-3,6-7,14H,1,4-5,8-13,19H2. The van der Waals surface area contributed by atoms with Gasteiger partial charge in [0.15, 0.2) is 11.6 Å². The third-order valence-corrected chi connectivity index (χ3v) is 5.05. The van der Waals surface area contributed by atoms with Crippen LogP contribution in [0.4, 0.5) is 23.1 Å². The number of piperidine rings is 1. The Balaban J connectivity index is 1.48. The van der Waals surface area contributed by atoms with Crippen molar-refractivity contribution in [1.82, 2.24) is 15.0 Å². The first-order valence-electron chi connectivity index (χ1n) is 9.09. The van der Waals surface area contributed by atoms with Crippen molar-refractivity contribution < 1.29 is 0 Å². The van der Waals surface area contributed by atoms with Gasteiger partial charge in [0.25, 0.3) is 0 Å². The van der Waals surface area contributed by atoms with Crippen LogP contribution in [-0.4, -0.2) is 54.2 Å². The van der Waals surface area contributed by atoms with Crippen LogP contribution in [0.15, 0.2) is 30.7 Å². The lowest BCUT2D eigenvalue weighted by Gasteiger charge is -2.37. The molecule has 2 aliphatic heterocycles. The van der Waals surface area contributed by atoms with Crippen molar-refractivity contribution in [2.45, 2.75) is 19.3 Å². The molecule has 2 fully saturated rings. The number of nitrogen functional groups attached to an aromatic ring is 1. The maximum atomic E-state index is 6.46. The first-order chi connectivity index (χ1) is 12.3. The van der Waals surface area contributed by atoms with Crippen molar-refractivity contribution >= 4 is 23.1 Å². The molecule has 7 nitrogen and oxygen atoms in total. The van der Waals surface area contributed by atoms with E-state index in [1.165, 1.54) is 19.3 Å². The second-order valence-electron chi connectivity index (χ2n) is 6.64. The van der Waals surface area contributed by atoms with Crippen molar-refractivity contribution in [1.29, 1.82) is 0 Å². The lowest BCUT2D eigenvalue weighted by atomic mass is 10.1. The molecule has 4 heterocycles. The van der Waals surface area contributed by atoms with E-state index in [2.05, 4.69) is 35.7 Å². The van der Waals surface area contributed by atoms with Crippen molar-refractivity contribution in [2.75, 3.05) is 59.7 Å². The van der Waals surface area contributed by atoms with Crippen LogP contribution in [0.25, 0.3) is 0 Å². The van der Waals surface area contributed by atoms with Gasteiger partial charge in [-0.15, -0.1) is 0 Å². The third-order valence-electron chi connectivity index (χ3n) is 5.05. The molecule has 2 N–H and O–H groups in total. The minimum atomic E-state index is 0.718. The number of hydrogen-bond acceptors (Lipinski definition) is 7. The van der Waals surface area contributed by atoms with E-state index in [0.29, 0.717) is 0 Å². The maximum Gasteiger partial charge on any atom is 0.157 e. The van der Waals surface area contributed by atoms with E-state index in [4.69, 9.17) is 5.73 Å². The molecule has 0 radical (unpaired) electrons. The zero-order valence-electron chi connectivity index (χ0n) is 14.5. The van der Waals surface area contributed by atoms with E-state index in [1.807, 2.05) is 18.3 Å². The number of nitrogens with zero attached hydrogens (tertiary/aromatic N) is 6. The van der Waals surface area contributed by atoms with Crippen LogP contribution in [0.1, 0.15) is 19.3 Å². The lowest BCUT2D eigenvalue weighted by molar-refractivity contribution is 0.573. The van der Waals surface area contributed by atoms with E-state index in [9.17, 15) is 0 Å². The fourth-order valence-electron chi connectivity index (χ4n) is 3.68. The van der Waals surface area contributed by atoms with Crippen molar-refractivity contribution in [3.63, 3.8) is 0 Å². The summed E-state index contributed by atoms with van der Waals surface area (Å²) in [4.78, 5) is 20.3. The molecule has 0 amide bonds. The van der Waals surface area contributed by atoms with Gasteiger partial charge in [0, 0.05) is 45.5 Å². The molecule has 2 aromatic rings. The van der Waals surface area contributed by atoms with Gasteiger partial charge in [-0.3, -0.25) is 0 Å². The number of nitrogens with two attached hydrogens (primary N) is 1. The minimum Gasteiger partial charge on any atom is -0.393 e. The van der Waals surface area contributed by atoms with E-state index in [1.54, 1.807) is 6.33 Å². The number of pyridine rings is 1. The van der Waals surface area contributed by atoms with E-state index < -0.39 is 0 Å². The van der Waals surface area contributed by atoms with Crippen LogP contribution in [-0.2, 0) is 0 Å². The van der Waals surface area contributed by atoms with Gasteiger partial charge in [-0.25, -0.2) is 15.0 Å². The molecule has 4 rings (SSSR count). The molecule has 2 aliphatic rings. The van der Waals surface area contributed by atoms with Crippen LogP contribution in [0.2, 0.25) is 0 Å². The molecule has 0 atom stereocenters. The number of piperazine rings is 1. The quantitative estimate of drug-likeness (QED) is 0.913. The van der Waals surface area contributed by atoms with Gasteiger partial charge in [-0.2, -0.15) is 0 Å². The maximum absolute atomic E-state index is 6.46. The Morgan fingerprint density at radius 2 is 1.36 bits per heavy atom. The summed E-state index contributed by atoms with van der Waals surface area (Å²) >= 11 is 0. The monoisotopic (exact) mass is 339 g/mol. The second-order valence-corrected chi connectivity index (χ2v) is 6.64. The lowest BCUT2D eigenvalue weighted by Crippen LogP contribution is -2.47. The molecule has 0 aromatic carbocycles. The summed E-state index contributed by atoms with van der Waals surface area (Å²) < 4.78 is 0. The van der Waals surface area contributed by atoms with Crippen LogP contribution >= 0.6 is 0 Å². The molecule has 0 bridgehead atoms. The Morgan fingerprint density at radius 3 is 2.00 bits per heavy atom. The molecule has 7 heteroatoms. The molecule has 132 valence electrons. The average Bonchev–Trinajstić information content (AvgIpc) is 2.70. The number of anilines is 4. The predicted octanol–water partition coefficient (Wildman–Crippen LogP) is 1.77. The number of hydrogen-bond donors (Lipinski definition) is 1. The minimum absolute atomic E-state index is 0.718. The molecular weight excluding hydrogens is 314 g/mol. The smallest absolute Gasteiger partial charge is 0.157 e. The first kappa shape index (κ1) is 15.9. The molecule has 0 saturated carbocycles. The van der Waals surface area contributed by atoms with Gasteiger partial charge >= 0.3 is 0 Å². The van der Waals surface area contributed by atoms with E-state index in [-0.39, 0.29) is 0 Å². The zero-order valence-corrected chi connectivity index (χ0v) is 14.5. The van der Waals surface area contributed by atoms with Crippen LogP contribution < -0.4 is 20.4 Å². The summed E-state index contributed by atoms with van der Waals surface area (Å²) in [6.45, 7) is 5.68. The fraction of sp³-hybridized carbons (Fsp3) is 0.500. The molecule has 0 spiro atoms. The van der Waals surface area contributed by atoms with E-state index in [0.717, 1.165) is 62.4 Å². The SMILES string of the molecule is Nc1c(N2CCCCC2)ncnc1N1CCN(c2ccccn2)CC1. The Bertz CT molecular complexity index is 692. The highest BCUT2D eigenvalue weighted by atomic mass is 15.3. The van der Waals surface area contributed by atoms with Crippen molar-refractivity contribution in [3.05, 3.63) is 30.7 Å². The van der Waals surface area contributed by atoms with Crippen molar-refractivity contribution in [3.8, 4) is 0 Å². The summed E-state index contributed by atoms with van der Waals surface area (Å²) in [5.74, 6) is 2.81. The molecule has 0 aliphatic carbocycles. The highest BCUT2D eigenvalue weighted by molar-refractivity contribution is 5.76. The highest BCUT2D eigenvalue weighted by Crippen LogP contribution is 2.31. The molecule has 2 saturated heterocycles. The van der Waals surface area contributed by atoms with Gasteiger partial charge < -0.3 is 20.4 Å². The van der Waals surface area contributed by atoms with Crippen LogP contribution in [0, 0.1) is 0 Å². The number of aromatic nitrogens is 3. The van der Waals surface area contributed by atoms with Gasteiger partial charge in [0.2, 0.25) is 0 Å². The Kier molecular flexibility index (Phi) is 4.54. The summed E-state index contributed by atoms with van der Waals surface area (Å²) in [6.07, 6.45) is 7.21. The summed E-state index contributed by atoms with van der Waals surface area (Å²) in [5, 5.41) is 0. The van der Waals surface area contributed by atoms with Crippen LogP contribution in [0.5, 0.6) is 0 Å². The third kappa shape index (κ3) is 3.31. The van der Waals surface area contributed by atoms with E-state index >= 15 is 0 Å². The zero-order chi connectivity index (χ0) is 17.1. The first-order valence-corrected chi connectivity index (χ1v) is 9.09. The van der Waals surface area contributed by atoms with Gasteiger partial charge in [0.05, 0.1) is 0 Å². The van der Waals surface area contributed by atoms with Gasteiger partial charge in [-0.1, -0.05) is 6.07 Å². The van der Waals surface area contributed by atoms with Gasteiger partial charge in [0.1, 0.15) is 17.8 Å². The molecule has 25 heavy (non-hydrogen) atoms. The largest absolute Gasteiger partial charge is 0.393 e. The Hall–Kier alpha value is -2.57. The second kappa shape index (κ2) is 7.13.